The Hall–Kier alpha value is -2.35. The van der Waals surface area contributed by atoms with Gasteiger partial charge in [-0.2, -0.15) is 5.26 Å². The molecule has 0 aliphatic carbocycles. The number of nitrogens with zero attached hydrogens (tertiary/aromatic N) is 1. The predicted molar refractivity (Wildman–Crippen MR) is 72.3 cm³/mol. The van der Waals surface area contributed by atoms with E-state index in [2.05, 4.69) is 10.6 Å². The van der Waals surface area contributed by atoms with E-state index in [1.807, 2.05) is 26.8 Å². The minimum absolute atomic E-state index is 0.225. The summed E-state index contributed by atoms with van der Waals surface area (Å²) in [7, 11) is 0. The predicted octanol–water partition coefficient (Wildman–Crippen LogP) is 1.80. The summed E-state index contributed by atoms with van der Waals surface area (Å²) < 4.78 is 0. The lowest BCUT2D eigenvalue weighted by Crippen LogP contribution is -2.41. The van der Waals surface area contributed by atoms with Crippen molar-refractivity contribution in [2.75, 3.05) is 5.32 Å². The molecule has 1 aromatic carbocycles. The average Bonchev–Trinajstić information content (AvgIpc) is 2.27. The standard InChI is InChI=1S/C14H17N3O2/c1-14(2,3)17-13(19)8-12(18)16-11-6-4-10(9-15)5-7-11/h4-7H,8H2,1-3H3,(H,16,18)(H,17,19). The fourth-order valence-corrected chi connectivity index (χ4v) is 1.44. The highest BCUT2D eigenvalue weighted by Gasteiger charge is 2.16. The Labute approximate surface area is 112 Å². The van der Waals surface area contributed by atoms with E-state index in [-0.39, 0.29) is 23.8 Å². The molecule has 0 aliphatic heterocycles. The molecule has 1 rings (SSSR count). The van der Waals surface area contributed by atoms with Crippen LogP contribution in [-0.2, 0) is 9.59 Å². The van der Waals surface area contributed by atoms with Gasteiger partial charge in [-0.3, -0.25) is 9.59 Å². The Morgan fingerprint density at radius 3 is 2.21 bits per heavy atom. The summed E-state index contributed by atoms with van der Waals surface area (Å²) >= 11 is 0. The van der Waals surface area contributed by atoms with Gasteiger partial charge in [0.1, 0.15) is 6.42 Å². The van der Waals surface area contributed by atoms with E-state index in [4.69, 9.17) is 5.26 Å². The lowest BCUT2D eigenvalue weighted by Gasteiger charge is -2.20. The number of hydrogen-bond acceptors (Lipinski definition) is 3. The first-order chi connectivity index (χ1) is 8.80. The van der Waals surface area contributed by atoms with Crippen molar-refractivity contribution in [3.8, 4) is 6.07 Å². The fraction of sp³-hybridized carbons (Fsp3) is 0.357. The zero-order valence-corrected chi connectivity index (χ0v) is 11.3. The van der Waals surface area contributed by atoms with Crippen LogP contribution in [0.2, 0.25) is 0 Å². The Balaban J connectivity index is 2.51. The third kappa shape index (κ3) is 5.68. The van der Waals surface area contributed by atoms with E-state index in [1.165, 1.54) is 0 Å². The lowest BCUT2D eigenvalue weighted by molar-refractivity contribution is -0.127. The molecular formula is C14H17N3O2. The van der Waals surface area contributed by atoms with Crippen LogP contribution in [-0.4, -0.2) is 17.4 Å². The van der Waals surface area contributed by atoms with Crippen molar-refractivity contribution in [3.05, 3.63) is 29.8 Å². The molecule has 0 heterocycles. The zero-order valence-electron chi connectivity index (χ0n) is 11.3. The van der Waals surface area contributed by atoms with Crippen molar-refractivity contribution in [3.63, 3.8) is 0 Å². The third-order valence-corrected chi connectivity index (χ3v) is 2.13. The van der Waals surface area contributed by atoms with Gasteiger partial charge in [-0.25, -0.2) is 0 Å². The quantitative estimate of drug-likeness (QED) is 0.812. The van der Waals surface area contributed by atoms with Crippen LogP contribution in [0.3, 0.4) is 0 Å². The van der Waals surface area contributed by atoms with E-state index in [1.54, 1.807) is 24.3 Å². The summed E-state index contributed by atoms with van der Waals surface area (Å²) in [6.45, 7) is 5.55. The Kier molecular flexibility index (Phi) is 4.65. The van der Waals surface area contributed by atoms with Crippen LogP contribution in [0.25, 0.3) is 0 Å². The van der Waals surface area contributed by atoms with Crippen LogP contribution in [0.15, 0.2) is 24.3 Å². The van der Waals surface area contributed by atoms with Gasteiger partial charge < -0.3 is 10.6 Å². The Morgan fingerprint density at radius 1 is 1.16 bits per heavy atom. The van der Waals surface area contributed by atoms with Gasteiger partial charge in [0, 0.05) is 11.2 Å². The van der Waals surface area contributed by atoms with Crippen molar-refractivity contribution in [1.29, 1.82) is 5.26 Å². The van der Waals surface area contributed by atoms with E-state index in [0.717, 1.165) is 0 Å². The highest BCUT2D eigenvalue weighted by Crippen LogP contribution is 2.09. The second kappa shape index (κ2) is 6.01. The van der Waals surface area contributed by atoms with Gasteiger partial charge in [0.05, 0.1) is 11.6 Å². The summed E-state index contributed by atoms with van der Waals surface area (Å²) in [6, 6.07) is 8.44. The third-order valence-electron chi connectivity index (χ3n) is 2.13. The number of benzene rings is 1. The maximum Gasteiger partial charge on any atom is 0.233 e. The Bertz CT molecular complexity index is 507. The van der Waals surface area contributed by atoms with Crippen LogP contribution in [0.4, 0.5) is 5.69 Å². The van der Waals surface area contributed by atoms with Crippen molar-refractivity contribution in [2.45, 2.75) is 32.7 Å². The molecule has 0 unspecified atom stereocenters. The summed E-state index contributed by atoms with van der Waals surface area (Å²) in [4.78, 5) is 23.2. The average molecular weight is 259 g/mol. The summed E-state index contributed by atoms with van der Waals surface area (Å²) in [5.74, 6) is -0.704. The van der Waals surface area contributed by atoms with Crippen molar-refractivity contribution < 1.29 is 9.59 Å². The molecule has 19 heavy (non-hydrogen) atoms. The number of carbonyl (C=O) groups is 2. The molecule has 0 aliphatic rings. The van der Waals surface area contributed by atoms with E-state index in [9.17, 15) is 9.59 Å². The van der Waals surface area contributed by atoms with Gasteiger partial charge in [-0.15, -0.1) is 0 Å². The second-order valence-electron chi connectivity index (χ2n) is 5.21. The largest absolute Gasteiger partial charge is 0.351 e. The minimum atomic E-state index is -0.383. The highest BCUT2D eigenvalue weighted by atomic mass is 16.2. The normalized spacial score (nSPS) is 10.4. The van der Waals surface area contributed by atoms with E-state index >= 15 is 0 Å². The number of carbonyl (C=O) groups excluding carboxylic acids is 2. The molecule has 0 atom stereocenters. The molecule has 0 bridgehead atoms. The number of amides is 2. The minimum Gasteiger partial charge on any atom is -0.351 e. The topological polar surface area (TPSA) is 82.0 Å². The number of nitrogens with one attached hydrogen (secondary N) is 2. The zero-order chi connectivity index (χ0) is 14.5. The molecule has 0 saturated heterocycles. The first-order valence-corrected chi connectivity index (χ1v) is 5.91. The molecule has 0 aromatic heterocycles. The van der Waals surface area contributed by atoms with E-state index in [0.29, 0.717) is 11.3 Å². The molecule has 1 aromatic rings. The van der Waals surface area contributed by atoms with E-state index < -0.39 is 0 Å². The van der Waals surface area contributed by atoms with Gasteiger partial charge in [-0.1, -0.05) is 0 Å². The molecule has 0 fully saturated rings. The maximum atomic E-state index is 11.6. The van der Waals surface area contributed by atoms with Gasteiger partial charge in [0.2, 0.25) is 11.8 Å². The van der Waals surface area contributed by atoms with Gasteiger partial charge >= 0.3 is 0 Å². The molecule has 100 valence electrons. The highest BCUT2D eigenvalue weighted by molar-refractivity contribution is 6.03. The first-order valence-electron chi connectivity index (χ1n) is 5.91. The number of nitriles is 1. The first kappa shape index (κ1) is 14.7. The molecule has 5 nitrogen and oxygen atoms in total. The van der Waals surface area contributed by atoms with Crippen LogP contribution in [0, 0.1) is 11.3 Å². The summed E-state index contributed by atoms with van der Waals surface area (Å²) in [6.07, 6.45) is -0.225. The molecule has 0 spiro atoms. The molecule has 0 saturated carbocycles. The lowest BCUT2D eigenvalue weighted by atomic mass is 10.1. The van der Waals surface area contributed by atoms with Crippen molar-refractivity contribution in [1.82, 2.24) is 5.32 Å². The second-order valence-corrected chi connectivity index (χ2v) is 5.21. The number of rotatable bonds is 3. The van der Waals surface area contributed by atoms with Crippen molar-refractivity contribution >= 4 is 17.5 Å². The Morgan fingerprint density at radius 2 is 1.74 bits per heavy atom. The van der Waals surface area contributed by atoms with Crippen molar-refractivity contribution in [2.24, 2.45) is 0 Å². The van der Waals surface area contributed by atoms with Crippen LogP contribution in [0.1, 0.15) is 32.8 Å². The SMILES string of the molecule is CC(C)(C)NC(=O)CC(=O)Nc1ccc(C#N)cc1. The van der Waals surface area contributed by atoms with Gasteiger partial charge in [-0.05, 0) is 45.0 Å². The number of hydrogen-bond donors (Lipinski definition) is 2. The van der Waals surface area contributed by atoms with Crippen LogP contribution < -0.4 is 10.6 Å². The monoisotopic (exact) mass is 259 g/mol. The van der Waals surface area contributed by atoms with Gasteiger partial charge in [0.15, 0.2) is 0 Å². The fourth-order valence-electron chi connectivity index (χ4n) is 1.44. The summed E-state index contributed by atoms with van der Waals surface area (Å²) in [5.41, 5.74) is 0.724. The van der Waals surface area contributed by atoms with Crippen LogP contribution in [0.5, 0.6) is 0 Å². The summed E-state index contributed by atoms with van der Waals surface area (Å²) in [5, 5.41) is 14.0. The maximum absolute atomic E-state index is 11.6. The van der Waals surface area contributed by atoms with Gasteiger partial charge in [0.25, 0.3) is 0 Å². The number of anilines is 1. The molecular weight excluding hydrogens is 242 g/mol. The molecule has 2 N–H and O–H groups in total. The smallest absolute Gasteiger partial charge is 0.233 e. The van der Waals surface area contributed by atoms with Crippen LogP contribution >= 0.6 is 0 Å². The molecule has 0 radical (unpaired) electrons. The molecule has 2 amide bonds. The molecule has 5 heteroatoms.